The Morgan fingerprint density at radius 1 is 1.23 bits per heavy atom. The highest BCUT2D eigenvalue weighted by Crippen LogP contribution is 2.13. The maximum atomic E-state index is 12.0. The van der Waals surface area contributed by atoms with Crippen LogP contribution < -0.4 is 10.5 Å². The third-order valence-corrected chi connectivity index (χ3v) is 2.87. The van der Waals surface area contributed by atoms with Gasteiger partial charge < -0.3 is 15.3 Å². The molecule has 2 N–H and O–H groups in total. The minimum absolute atomic E-state index is 0.102. The van der Waals surface area contributed by atoms with Gasteiger partial charge in [-0.2, -0.15) is 0 Å². The molecule has 0 bridgehead atoms. The predicted octanol–water partition coefficient (Wildman–Crippen LogP) is 2.10. The Hall–Kier alpha value is -2.89. The Kier molecular flexibility index (Phi) is 5.48. The van der Waals surface area contributed by atoms with Crippen LogP contribution in [0.3, 0.4) is 0 Å². The minimum Gasteiger partial charge on any atom is -0.479 e. The largest absolute Gasteiger partial charge is 0.479 e. The monoisotopic (exact) mass is 299 g/mol. The lowest BCUT2D eigenvalue weighted by Crippen LogP contribution is -2.28. The van der Waals surface area contributed by atoms with E-state index in [2.05, 4.69) is 10.1 Å². The van der Waals surface area contributed by atoms with Gasteiger partial charge in [0.25, 0.3) is 0 Å². The summed E-state index contributed by atoms with van der Waals surface area (Å²) < 4.78 is 5.57. The van der Waals surface area contributed by atoms with E-state index in [1.54, 1.807) is 36.7 Å². The summed E-state index contributed by atoms with van der Waals surface area (Å²) in [6, 6.07) is 12.4. The molecule has 1 heterocycles. The summed E-state index contributed by atoms with van der Waals surface area (Å²) in [4.78, 5) is 20.7. The van der Waals surface area contributed by atoms with Gasteiger partial charge in [0.1, 0.15) is 5.75 Å². The second kappa shape index (κ2) is 7.78. The van der Waals surface area contributed by atoms with Gasteiger partial charge in [-0.25, -0.2) is 4.79 Å². The number of nitrogens with zero attached hydrogens (tertiary/aromatic N) is 2. The fourth-order valence-electron chi connectivity index (χ4n) is 1.69. The zero-order chi connectivity index (χ0) is 15.8. The van der Waals surface area contributed by atoms with Crippen LogP contribution in [-0.2, 0) is 9.63 Å². The predicted molar refractivity (Wildman–Crippen MR) is 82.2 cm³/mol. The lowest BCUT2D eigenvalue weighted by atomic mass is 10.2. The Morgan fingerprint density at radius 3 is 2.55 bits per heavy atom. The van der Waals surface area contributed by atoms with E-state index in [4.69, 9.17) is 15.3 Å². The number of rotatable bonds is 6. The first-order valence-corrected chi connectivity index (χ1v) is 6.87. The maximum Gasteiger partial charge on any atom is 0.375 e. The molecule has 0 unspecified atom stereocenters. The summed E-state index contributed by atoms with van der Waals surface area (Å²) in [6.45, 7) is 1.82. The number of hydrogen-bond donors (Lipinski definition) is 1. The van der Waals surface area contributed by atoms with Crippen molar-refractivity contribution in [3.05, 3.63) is 60.4 Å². The molecule has 2 rings (SSSR count). The number of carbonyl (C=O) groups excluding carboxylic acids is 1. The fraction of sp³-hybridized carbons (Fsp3) is 0.188. The van der Waals surface area contributed by atoms with Crippen molar-refractivity contribution >= 4 is 11.8 Å². The number of amidine groups is 1. The number of oxime groups is 1. The van der Waals surface area contributed by atoms with Gasteiger partial charge in [0.2, 0.25) is 0 Å². The van der Waals surface area contributed by atoms with E-state index in [1.165, 1.54) is 0 Å². The SMILES string of the molecule is CC[C@@H](Oc1ccccc1)C(=O)O/N=C(/N)c1ccncc1. The van der Waals surface area contributed by atoms with Crippen molar-refractivity contribution in [2.75, 3.05) is 0 Å². The molecule has 1 aromatic heterocycles. The van der Waals surface area contributed by atoms with E-state index < -0.39 is 12.1 Å². The molecule has 0 fully saturated rings. The summed E-state index contributed by atoms with van der Waals surface area (Å²) >= 11 is 0. The fourth-order valence-corrected chi connectivity index (χ4v) is 1.69. The van der Waals surface area contributed by atoms with Gasteiger partial charge in [-0.3, -0.25) is 4.98 Å². The molecular formula is C16H17N3O3. The summed E-state index contributed by atoms with van der Waals surface area (Å²) in [6.07, 6.45) is 2.87. The molecule has 2 aromatic rings. The second-order valence-electron chi connectivity index (χ2n) is 4.45. The van der Waals surface area contributed by atoms with Gasteiger partial charge in [0, 0.05) is 18.0 Å². The molecule has 0 spiro atoms. The minimum atomic E-state index is -0.739. The summed E-state index contributed by atoms with van der Waals surface area (Å²) in [7, 11) is 0. The first-order chi connectivity index (χ1) is 10.7. The van der Waals surface area contributed by atoms with Gasteiger partial charge in [-0.1, -0.05) is 30.3 Å². The number of carbonyl (C=O) groups is 1. The standard InChI is InChI=1S/C16H17N3O3/c1-2-14(21-13-6-4-3-5-7-13)16(20)22-19-15(17)12-8-10-18-11-9-12/h3-11,14H,2H2,1H3,(H2,17,19)/t14-/m1/s1. The van der Waals surface area contributed by atoms with Crippen LogP contribution in [0.5, 0.6) is 5.75 Å². The Morgan fingerprint density at radius 2 is 1.91 bits per heavy atom. The molecule has 0 aliphatic carbocycles. The van der Waals surface area contributed by atoms with Crippen LogP contribution in [0.4, 0.5) is 0 Å². The van der Waals surface area contributed by atoms with Crippen molar-refractivity contribution in [1.82, 2.24) is 4.98 Å². The third kappa shape index (κ3) is 4.31. The molecule has 6 nitrogen and oxygen atoms in total. The van der Waals surface area contributed by atoms with Gasteiger partial charge in [-0.15, -0.1) is 0 Å². The normalized spacial score (nSPS) is 12.5. The Bertz CT molecular complexity index is 630. The molecule has 0 saturated heterocycles. The Balaban J connectivity index is 1.98. The smallest absolute Gasteiger partial charge is 0.375 e. The average Bonchev–Trinajstić information content (AvgIpc) is 2.59. The van der Waals surface area contributed by atoms with Crippen LogP contribution in [0, 0.1) is 0 Å². The second-order valence-corrected chi connectivity index (χ2v) is 4.45. The van der Waals surface area contributed by atoms with Crippen LogP contribution in [0.25, 0.3) is 0 Å². The van der Waals surface area contributed by atoms with Gasteiger partial charge in [-0.05, 0) is 30.7 Å². The molecule has 0 amide bonds. The van der Waals surface area contributed by atoms with E-state index in [-0.39, 0.29) is 5.84 Å². The molecule has 22 heavy (non-hydrogen) atoms. The van der Waals surface area contributed by atoms with Crippen LogP contribution in [0.2, 0.25) is 0 Å². The number of aromatic nitrogens is 1. The molecule has 114 valence electrons. The number of nitrogens with two attached hydrogens (primary N) is 1. The van der Waals surface area contributed by atoms with Crippen LogP contribution in [0.1, 0.15) is 18.9 Å². The molecule has 0 aliphatic rings. The van der Waals surface area contributed by atoms with Crippen LogP contribution in [-0.4, -0.2) is 22.9 Å². The van der Waals surface area contributed by atoms with Gasteiger partial charge >= 0.3 is 5.97 Å². The van der Waals surface area contributed by atoms with Crippen molar-refractivity contribution in [1.29, 1.82) is 0 Å². The van der Waals surface area contributed by atoms with E-state index in [0.717, 1.165) is 0 Å². The van der Waals surface area contributed by atoms with Crippen molar-refractivity contribution < 1.29 is 14.4 Å². The topological polar surface area (TPSA) is 86.8 Å². The Labute approximate surface area is 128 Å². The summed E-state index contributed by atoms with van der Waals surface area (Å²) in [5.41, 5.74) is 6.37. The zero-order valence-corrected chi connectivity index (χ0v) is 12.2. The van der Waals surface area contributed by atoms with Crippen molar-refractivity contribution in [2.24, 2.45) is 10.9 Å². The number of ether oxygens (including phenoxy) is 1. The lowest BCUT2D eigenvalue weighted by Gasteiger charge is -2.14. The first-order valence-electron chi connectivity index (χ1n) is 6.87. The molecule has 0 saturated carbocycles. The van der Waals surface area contributed by atoms with E-state index in [0.29, 0.717) is 17.7 Å². The molecule has 0 radical (unpaired) electrons. The summed E-state index contributed by atoms with van der Waals surface area (Å²) in [5, 5.41) is 3.64. The van der Waals surface area contributed by atoms with Gasteiger partial charge in [0.05, 0.1) is 0 Å². The number of hydrogen-bond acceptors (Lipinski definition) is 5. The molecule has 0 aliphatic heterocycles. The van der Waals surface area contributed by atoms with E-state index in [1.807, 2.05) is 25.1 Å². The third-order valence-electron chi connectivity index (χ3n) is 2.87. The quantitative estimate of drug-likeness (QED) is 0.382. The molecule has 1 atom stereocenters. The highest BCUT2D eigenvalue weighted by atomic mass is 16.7. The van der Waals surface area contributed by atoms with Crippen molar-refractivity contribution in [3.63, 3.8) is 0 Å². The first kappa shape index (κ1) is 15.5. The van der Waals surface area contributed by atoms with E-state index >= 15 is 0 Å². The molecular weight excluding hydrogens is 282 g/mol. The average molecular weight is 299 g/mol. The highest BCUT2D eigenvalue weighted by Gasteiger charge is 2.20. The molecule has 6 heteroatoms. The zero-order valence-electron chi connectivity index (χ0n) is 12.2. The number of para-hydroxylation sites is 1. The number of pyridine rings is 1. The van der Waals surface area contributed by atoms with Gasteiger partial charge in [0.15, 0.2) is 11.9 Å². The number of benzene rings is 1. The highest BCUT2D eigenvalue weighted by molar-refractivity contribution is 5.97. The maximum absolute atomic E-state index is 12.0. The van der Waals surface area contributed by atoms with Crippen molar-refractivity contribution in [2.45, 2.75) is 19.4 Å². The lowest BCUT2D eigenvalue weighted by molar-refractivity contribution is -0.152. The molecule has 1 aromatic carbocycles. The van der Waals surface area contributed by atoms with Crippen LogP contribution >= 0.6 is 0 Å². The van der Waals surface area contributed by atoms with E-state index in [9.17, 15) is 4.79 Å². The van der Waals surface area contributed by atoms with Crippen molar-refractivity contribution in [3.8, 4) is 5.75 Å². The summed E-state index contributed by atoms with van der Waals surface area (Å²) in [5.74, 6) is 0.103. The van der Waals surface area contributed by atoms with Crippen LogP contribution in [0.15, 0.2) is 60.0 Å².